The van der Waals surface area contributed by atoms with E-state index in [9.17, 15) is 9.59 Å². The number of rotatable bonds is 5. The van der Waals surface area contributed by atoms with E-state index in [-0.39, 0.29) is 12.3 Å². The van der Waals surface area contributed by atoms with Crippen LogP contribution in [0, 0.1) is 0 Å². The summed E-state index contributed by atoms with van der Waals surface area (Å²) in [5.41, 5.74) is 0.720. The van der Waals surface area contributed by atoms with Crippen LogP contribution in [-0.2, 0) is 16.0 Å². The van der Waals surface area contributed by atoms with Crippen molar-refractivity contribution in [2.45, 2.75) is 19.4 Å². The Morgan fingerprint density at radius 2 is 2.17 bits per heavy atom. The summed E-state index contributed by atoms with van der Waals surface area (Å²) >= 11 is 5.87. The van der Waals surface area contributed by atoms with Gasteiger partial charge >= 0.3 is 5.97 Å². The second-order valence-electron chi connectivity index (χ2n) is 3.76. The number of carbonyl (C=O) groups excluding carboxylic acids is 1. The topological polar surface area (TPSA) is 75.6 Å². The summed E-state index contributed by atoms with van der Waals surface area (Å²) in [6.45, 7) is 1.28. The van der Waals surface area contributed by atoms with E-state index in [2.05, 4.69) is 5.32 Å². The van der Waals surface area contributed by atoms with Crippen LogP contribution in [0.4, 0.5) is 0 Å². The van der Waals surface area contributed by atoms with Crippen LogP contribution in [0.3, 0.4) is 0 Å². The zero-order chi connectivity index (χ0) is 13.7. The molecule has 1 amide bonds. The summed E-state index contributed by atoms with van der Waals surface area (Å²) in [6, 6.07) is 4.01. The molecule has 0 unspecified atom stereocenters. The lowest BCUT2D eigenvalue weighted by Crippen LogP contribution is -2.41. The van der Waals surface area contributed by atoms with E-state index < -0.39 is 12.0 Å². The molecule has 0 fully saturated rings. The number of methoxy groups -OCH3 is 1. The second-order valence-corrected chi connectivity index (χ2v) is 4.17. The smallest absolute Gasteiger partial charge is 0.326 e. The molecule has 0 bridgehead atoms. The van der Waals surface area contributed by atoms with Crippen LogP contribution in [0.15, 0.2) is 18.2 Å². The summed E-state index contributed by atoms with van der Waals surface area (Å²) in [7, 11) is 1.48. The van der Waals surface area contributed by atoms with Crippen LogP contribution < -0.4 is 10.1 Å². The molecule has 1 aromatic carbocycles. The van der Waals surface area contributed by atoms with Crippen LogP contribution >= 0.6 is 11.6 Å². The Bertz CT molecular complexity index is 461. The molecular formula is C12H14ClNO4. The largest absolute Gasteiger partial charge is 0.495 e. The molecule has 0 radical (unpaired) electrons. The molecule has 0 aliphatic carbocycles. The highest BCUT2D eigenvalue weighted by atomic mass is 35.5. The van der Waals surface area contributed by atoms with Gasteiger partial charge in [0.05, 0.1) is 12.1 Å². The summed E-state index contributed by atoms with van der Waals surface area (Å²) < 4.78 is 5.04. The van der Waals surface area contributed by atoms with Crippen LogP contribution in [0.1, 0.15) is 12.5 Å². The van der Waals surface area contributed by atoms with Gasteiger partial charge in [0.15, 0.2) is 0 Å². The van der Waals surface area contributed by atoms with E-state index in [0.717, 1.165) is 5.56 Å². The first-order valence-electron chi connectivity index (χ1n) is 5.26. The van der Waals surface area contributed by atoms with E-state index >= 15 is 0 Å². The standard InChI is InChI=1S/C12H14ClNO4/c1-7(15)14-10(12(16)17)5-8-3-4-9(13)11(6-8)18-2/h3-4,6,10H,5H2,1-2H3,(H,14,15)(H,16,17)/t10-/m0/s1. The number of amides is 1. The molecule has 0 aliphatic heterocycles. The minimum atomic E-state index is -1.08. The van der Waals surface area contributed by atoms with Crippen LogP contribution in [0.5, 0.6) is 5.75 Å². The summed E-state index contributed by atoms with van der Waals surface area (Å²) in [4.78, 5) is 21.9. The molecule has 1 aromatic rings. The monoisotopic (exact) mass is 271 g/mol. The number of hydrogen-bond acceptors (Lipinski definition) is 3. The maximum absolute atomic E-state index is 11.0. The molecular weight excluding hydrogens is 258 g/mol. The predicted octanol–water partition coefficient (Wildman–Crippen LogP) is 1.48. The highest BCUT2D eigenvalue weighted by Gasteiger charge is 2.19. The van der Waals surface area contributed by atoms with Gasteiger partial charge in [0, 0.05) is 13.3 Å². The molecule has 0 aromatic heterocycles. The van der Waals surface area contributed by atoms with Crippen molar-refractivity contribution in [2.24, 2.45) is 0 Å². The minimum Gasteiger partial charge on any atom is -0.495 e. The van der Waals surface area contributed by atoms with E-state index in [1.807, 2.05) is 0 Å². The lowest BCUT2D eigenvalue weighted by molar-refractivity contribution is -0.141. The Kier molecular flexibility index (Phi) is 4.97. The van der Waals surface area contributed by atoms with Crippen molar-refractivity contribution in [1.82, 2.24) is 5.32 Å². The van der Waals surface area contributed by atoms with Gasteiger partial charge in [-0.25, -0.2) is 4.79 Å². The molecule has 5 nitrogen and oxygen atoms in total. The quantitative estimate of drug-likeness (QED) is 0.851. The molecule has 0 saturated heterocycles. The fraction of sp³-hybridized carbons (Fsp3) is 0.333. The number of halogens is 1. The molecule has 1 atom stereocenters. The van der Waals surface area contributed by atoms with Crippen LogP contribution in [0.25, 0.3) is 0 Å². The van der Waals surface area contributed by atoms with E-state index in [1.165, 1.54) is 14.0 Å². The van der Waals surface area contributed by atoms with Gasteiger partial charge in [-0.1, -0.05) is 17.7 Å². The summed E-state index contributed by atoms with van der Waals surface area (Å²) in [5.74, 6) is -0.997. The maximum atomic E-state index is 11.0. The molecule has 2 N–H and O–H groups in total. The fourth-order valence-corrected chi connectivity index (χ4v) is 1.71. The van der Waals surface area contributed by atoms with Gasteiger partial charge in [0.25, 0.3) is 0 Å². The van der Waals surface area contributed by atoms with Crippen molar-refractivity contribution >= 4 is 23.5 Å². The van der Waals surface area contributed by atoms with Gasteiger partial charge in [-0.3, -0.25) is 4.79 Å². The highest BCUT2D eigenvalue weighted by molar-refractivity contribution is 6.32. The zero-order valence-corrected chi connectivity index (χ0v) is 10.8. The van der Waals surface area contributed by atoms with Gasteiger partial charge < -0.3 is 15.2 Å². The van der Waals surface area contributed by atoms with E-state index in [1.54, 1.807) is 18.2 Å². The molecule has 0 spiro atoms. The first kappa shape index (κ1) is 14.3. The predicted molar refractivity (Wildman–Crippen MR) is 66.9 cm³/mol. The van der Waals surface area contributed by atoms with Crippen LogP contribution in [-0.4, -0.2) is 30.1 Å². The number of hydrogen-bond donors (Lipinski definition) is 2. The molecule has 0 aliphatic rings. The van der Waals surface area contributed by atoms with Crippen molar-refractivity contribution in [2.75, 3.05) is 7.11 Å². The van der Waals surface area contributed by atoms with Crippen molar-refractivity contribution in [3.63, 3.8) is 0 Å². The Hall–Kier alpha value is -1.75. The second kappa shape index (κ2) is 6.26. The van der Waals surface area contributed by atoms with Crippen molar-refractivity contribution < 1.29 is 19.4 Å². The first-order valence-corrected chi connectivity index (χ1v) is 5.64. The van der Waals surface area contributed by atoms with Gasteiger partial charge in [-0.15, -0.1) is 0 Å². The first-order chi connectivity index (χ1) is 8.43. The average molecular weight is 272 g/mol. The Morgan fingerprint density at radius 3 is 2.67 bits per heavy atom. The van der Waals surface area contributed by atoms with Crippen molar-refractivity contribution in [3.8, 4) is 5.75 Å². The van der Waals surface area contributed by atoms with Gasteiger partial charge in [0.1, 0.15) is 11.8 Å². The van der Waals surface area contributed by atoms with Gasteiger partial charge in [-0.05, 0) is 17.7 Å². The van der Waals surface area contributed by atoms with Gasteiger partial charge in [0.2, 0.25) is 5.91 Å². The third-order valence-electron chi connectivity index (χ3n) is 2.33. The number of ether oxygens (including phenoxy) is 1. The Labute approximate surface area is 110 Å². The molecule has 0 saturated carbocycles. The number of aliphatic carboxylic acids is 1. The lowest BCUT2D eigenvalue weighted by atomic mass is 10.1. The Morgan fingerprint density at radius 1 is 1.50 bits per heavy atom. The number of nitrogens with one attached hydrogen (secondary N) is 1. The molecule has 98 valence electrons. The summed E-state index contributed by atoms with van der Waals surface area (Å²) in [6.07, 6.45) is 0.169. The molecule has 18 heavy (non-hydrogen) atoms. The third-order valence-corrected chi connectivity index (χ3v) is 2.64. The number of benzene rings is 1. The SMILES string of the molecule is COc1cc(C[C@H](NC(C)=O)C(=O)O)ccc1Cl. The fourth-order valence-electron chi connectivity index (χ4n) is 1.51. The van der Waals surface area contributed by atoms with Gasteiger partial charge in [-0.2, -0.15) is 0 Å². The average Bonchev–Trinajstić information content (AvgIpc) is 2.29. The van der Waals surface area contributed by atoms with E-state index in [4.69, 9.17) is 21.4 Å². The minimum absolute atomic E-state index is 0.169. The number of carboxylic acids is 1. The lowest BCUT2D eigenvalue weighted by Gasteiger charge is -2.14. The third kappa shape index (κ3) is 3.92. The van der Waals surface area contributed by atoms with E-state index in [0.29, 0.717) is 10.8 Å². The maximum Gasteiger partial charge on any atom is 0.326 e. The highest BCUT2D eigenvalue weighted by Crippen LogP contribution is 2.25. The molecule has 0 heterocycles. The Balaban J connectivity index is 2.87. The van der Waals surface area contributed by atoms with Crippen molar-refractivity contribution in [3.05, 3.63) is 28.8 Å². The molecule has 1 rings (SSSR count). The van der Waals surface area contributed by atoms with Crippen molar-refractivity contribution in [1.29, 1.82) is 0 Å². The zero-order valence-electron chi connectivity index (χ0n) is 10.1. The normalized spacial score (nSPS) is 11.7. The summed E-state index contributed by atoms with van der Waals surface area (Å²) in [5, 5.41) is 11.8. The number of carbonyl (C=O) groups is 2. The molecule has 6 heteroatoms. The van der Waals surface area contributed by atoms with Crippen LogP contribution in [0.2, 0.25) is 5.02 Å². The number of carboxylic acid groups (broad SMARTS) is 1.